The lowest BCUT2D eigenvalue weighted by molar-refractivity contribution is 0.492. The summed E-state index contributed by atoms with van der Waals surface area (Å²) in [5.74, 6) is 1.50. The second-order valence-electron chi connectivity index (χ2n) is 4.09. The van der Waals surface area contributed by atoms with Gasteiger partial charge in [-0.25, -0.2) is 4.39 Å². The highest BCUT2D eigenvalue weighted by Gasteiger charge is 2.08. The van der Waals surface area contributed by atoms with E-state index in [2.05, 4.69) is 23.5 Å². The Morgan fingerprint density at radius 3 is 2.75 bits per heavy atom. The average molecular weight is 242 g/mol. The number of hydrogen-bond donors (Lipinski definition) is 1. The third-order valence-corrected chi connectivity index (χ3v) is 3.32. The van der Waals surface area contributed by atoms with Gasteiger partial charge in [-0.2, -0.15) is 11.8 Å². The van der Waals surface area contributed by atoms with Gasteiger partial charge in [0, 0.05) is 6.04 Å². The van der Waals surface area contributed by atoms with Crippen molar-refractivity contribution in [2.24, 2.45) is 5.92 Å². The normalized spacial score (nSPS) is 14.8. The molecule has 1 aromatic heterocycles. The number of nitrogens with zero attached hydrogens (tertiary/aromatic N) is 1. The van der Waals surface area contributed by atoms with Gasteiger partial charge in [-0.05, 0) is 43.5 Å². The molecule has 1 rings (SSSR count). The van der Waals surface area contributed by atoms with E-state index in [-0.39, 0.29) is 11.9 Å². The second-order valence-corrected chi connectivity index (χ2v) is 5.00. The van der Waals surface area contributed by atoms with Gasteiger partial charge in [0.1, 0.15) is 5.82 Å². The second kappa shape index (κ2) is 6.86. The molecule has 0 bridgehead atoms. The van der Waals surface area contributed by atoms with Crippen molar-refractivity contribution >= 4 is 11.8 Å². The summed E-state index contributed by atoms with van der Waals surface area (Å²) in [4.78, 5) is 4.06. The highest BCUT2D eigenvalue weighted by Crippen LogP contribution is 2.11. The predicted octanol–water partition coefficient (Wildman–Crippen LogP) is 2.87. The molecule has 0 aliphatic carbocycles. The van der Waals surface area contributed by atoms with Crippen LogP contribution in [-0.2, 0) is 0 Å². The van der Waals surface area contributed by atoms with E-state index in [0.29, 0.717) is 5.92 Å². The highest BCUT2D eigenvalue weighted by molar-refractivity contribution is 7.98. The van der Waals surface area contributed by atoms with Gasteiger partial charge in [-0.15, -0.1) is 0 Å². The molecule has 2 unspecified atom stereocenters. The summed E-state index contributed by atoms with van der Waals surface area (Å²) in [6.07, 6.45) is 3.38. The van der Waals surface area contributed by atoms with Gasteiger partial charge in [0.15, 0.2) is 0 Å². The number of halogens is 1. The molecule has 0 radical (unpaired) electrons. The van der Waals surface area contributed by atoms with Crippen LogP contribution in [0, 0.1) is 11.7 Å². The Morgan fingerprint density at radius 1 is 1.44 bits per heavy atom. The van der Waals surface area contributed by atoms with Crippen molar-refractivity contribution in [3.63, 3.8) is 0 Å². The summed E-state index contributed by atoms with van der Waals surface area (Å²) in [5.41, 5.74) is 0.887. The van der Waals surface area contributed by atoms with E-state index in [0.717, 1.165) is 18.0 Å². The molecule has 4 heteroatoms. The van der Waals surface area contributed by atoms with Gasteiger partial charge in [-0.1, -0.05) is 6.92 Å². The molecule has 2 atom stereocenters. The van der Waals surface area contributed by atoms with Gasteiger partial charge in [0.25, 0.3) is 0 Å². The number of thioether (sulfide) groups is 1. The molecule has 0 saturated heterocycles. The lowest BCUT2D eigenvalue weighted by Gasteiger charge is -2.16. The van der Waals surface area contributed by atoms with Crippen LogP contribution in [0.4, 0.5) is 4.39 Å². The quantitative estimate of drug-likeness (QED) is 0.830. The fraction of sp³-hybridized carbons (Fsp3) is 0.583. The van der Waals surface area contributed by atoms with Crippen LogP contribution in [0.1, 0.15) is 25.6 Å². The van der Waals surface area contributed by atoms with E-state index in [9.17, 15) is 4.39 Å². The molecule has 0 aliphatic rings. The van der Waals surface area contributed by atoms with E-state index < -0.39 is 0 Å². The Labute approximate surface area is 101 Å². The summed E-state index contributed by atoms with van der Waals surface area (Å²) in [7, 11) is 0. The van der Waals surface area contributed by atoms with Crippen LogP contribution in [-0.4, -0.2) is 23.5 Å². The molecule has 16 heavy (non-hydrogen) atoms. The van der Waals surface area contributed by atoms with E-state index in [1.807, 2.05) is 18.7 Å². The highest BCUT2D eigenvalue weighted by atomic mass is 32.2. The summed E-state index contributed by atoms with van der Waals surface area (Å²) < 4.78 is 12.7. The Kier molecular flexibility index (Phi) is 5.77. The molecule has 0 spiro atoms. The van der Waals surface area contributed by atoms with Crippen molar-refractivity contribution in [2.75, 3.05) is 18.6 Å². The fourth-order valence-electron chi connectivity index (χ4n) is 1.47. The summed E-state index contributed by atoms with van der Waals surface area (Å²) in [5, 5.41) is 3.40. The van der Waals surface area contributed by atoms with Crippen molar-refractivity contribution < 1.29 is 4.39 Å². The molecule has 90 valence electrons. The van der Waals surface area contributed by atoms with Gasteiger partial charge in [0.05, 0.1) is 11.9 Å². The van der Waals surface area contributed by atoms with Gasteiger partial charge < -0.3 is 5.32 Å². The van der Waals surface area contributed by atoms with Crippen molar-refractivity contribution in [2.45, 2.75) is 19.9 Å². The van der Waals surface area contributed by atoms with E-state index >= 15 is 0 Å². The lowest BCUT2D eigenvalue weighted by Crippen LogP contribution is -2.26. The first-order chi connectivity index (χ1) is 7.63. The van der Waals surface area contributed by atoms with Gasteiger partial charge >= 0.3 is 0 Å². The van der Waals surface area contributed by atoms with Crippen molar-refractivity contribution in [1.29, 1.82) is 0 Å². The number of aromatic nitrogens is 1. The summed E-state index contributed by atoms with van der Waals surface area (Å²) in [6, 6.07) is 3.35. The molecule has 1 N–H and O–H groups in total. The molecule has 1 heterocycles. The van der Waals surface area contributed by atoms with E-state index in [4.69, 9.17) is 0 Å². The largest absolute Gasteiger partial charge is 0.309 e. The molecular formula is C12H19FN2S. The van der Waals surface area contributed by atoms with E-state index in [1.54, 1.807) is 6.07 Å². The Bertz CT molecular complexity index is 302. The predicted molar refractivity (Wildman–Crippen MR) is 68.2 cm³/mol. The molecule has 0 aliphatic heterocycles. The topological polar surface area (TPSA) is 24.9 Å². The van der Waals surface area contributed by atoms with Crippen LogP contribution >= 0.6 is 11.8 Å². The maximum Gasteiger partial charge on any atom is 0.141 e. The Hall–Kier alpha value is -0.610. The zero-order valence-electron chi connectivity index (χ0n) is 10.0. The van der Waals surface area contributed by atoms with Crippen molar-refractivity contribution in [3.05, 3.63) is 29.8 Å². The molecule has 0 fully saturated rings. The first-order valence-electron chi connectivity index (χ1n) is 5.47. The molecule has 1 aromatic rings. The van der Waals surface area contributed by atoms with Crippen LogP contribution in [0.5, 0.6) is 0 Å². The smallest absolute Gasteiger partial charge is 0.141 e. The molecule has 0 aromatic carbocycles. The maximum absolute atomic E-state index is 12.7. The average Bonchev–Trinajstić information content (AvgIpc) is 2.27. The lowest BCUT2D eigenvalue weighted by atomic mass is 10.1. The van der Waals surface area contributed by atoms with Gasteiger partial charge in [0.2, 0.25) is 0 Å². The van der Waals surface area contributed by atoms with Crippen LogP contribution in [0.15, 0.2) is 18.3 Å². The minimum atomic E-state index is -0.285. The molecule has 2 nitrogen and oxygen atoms in total. The molecule has 0 amide bonds. The van der Waals surface area contributed by atoms with E-state index in [1.165, 1.54) is 12.3 Å². The Morgan fingerprint density at radius 2 is 2.19 bits per heavy atom. The number of nitrogens with one attached hydrogen (secondary N) is 1. The first-order valence-corrected chi connectivity index (χ1v) is 6.86. The SMILES string of the molecule is CSCC(C)CNC(C)c1ccc(F)cn1. The number of hydrogen-bond acceptors (Lipinski definition) is 3. The van der Waals surface area contributed by atoms with Crippen LogP contribution < -0.4 is 5.32 Å². The third kappa shape index (κ3) is 4.49. The zero-order valence-corrected chi connectivity index (χ0v) is 10.9. The Balaban J connectivity index is 2.40. The standard InChI is InChI=1S/C12H19FN2S/c1-9(8-16-3)6-14-10(2)12-5-4-11(13)7-15-12/h4-5,7,9-10,14H,6,8H2,1-3H3. The first kappa shape index (κ1) is 13.5. The monoisotopic (exact) mass is 242 g/mol. The third-order valence-electron chi connectivity index (χ3n) is 2.42. The summed E-state index contributed by atoms with van der Waals surface area (Å²) >= 11 is 1.85. The van der Waals surface area contributed by atoms with Crippen molar-refractivity contribution in [3.8, 4) is 0 Å². The number of rotatable bonds is 6. The number of pyridine rings is 1. The van der Waals surface area contributed by atoms with Crippen LogP contribution in [0.3, 0.4) is 0 Å². The van der Waals surface area contributed by atoms with Crippen LogP contribution in [0.25, 0.3) is 0 Å². The van der Waals surface area contributed by atoms with Crippen molar-refractivity contribution in [1.82, 2.24) is 10.3 Å². The minimum Gasteiger partial charge on any atom is -0.309 e. The maximum atomic E-state index is 12.7. The van der Waals surface area contributed by atoms with Crippen LogP contribution in [0.2, 0.25) is 0 Å². The summed E-state index contributed by atoms with van der Waals surface area (Å²) in [6.45, 7) is 5.22. The molecule has 0 saturated carbocycles. The zero-order chi connectivity index (χ0) is 12.0. The minimum absolute atomic E-state index is 0.171. The van der Waals surface area contributed by atoms with Gasteiger partial charge in [-0.3, -0.25) is 4.98 Å². The molecular weight excluding hydrogens is 223 g/mol. The fourth-order valence-corrected chi connectivity index (χ4v) is 2.16.